The maximum atomic E-state index is 14.3. The van der Waals surface area contributed by atoms with E-state index in [1.54, 1.807) is 48.2 Å². The van der Waals surface area contributed by atoms with E-state index in [0.717, 1.165) is 16.7 Å². The summed E-state index contributed by atoms with van der Waals surface area (Å²) < 4.78 is 5.69. The molecule has 5 atom stereocenters. The number of phenols is 1. The van der Waals surface area contributed by atoms with Gasteiger partial charge in [0.25, 0.3) is 5.91 Å². The molecule has 3 aliphatic rings. The zero-order chi connectivity index (χ0) is 38.7. The van der Waals surface area contributed by atoms with E-state index in [2.05, 4.69) is 21.3 Å². The van der Waals surface area contributed by atoms with Gasteiger partial charge in [-0.3, -0.25) is 19.2 Å². The van der Waals surface area contributed by atoms with Gasteiger partial charge in [-0.2, -0.15) is 0 Å². The number of carboxylic acid groups (broad SMARTS) is 1. The Labute approximate surface area is 322 Å². The molecule has 55 heavy (non-hydrogen) atoms. The van der Waals surface area contributed by atoms with Crippen molar-refractivity contribution in [3.05, 3.63) is 131 Å². The van der Waals surface area contributed by atoms with E-state index >= 15 is 0 Å². The topological polar surface area (TPSA) is 183 Å². The summed E-state index contributed by atoms with van der Waals surface area (Å²) in [4.78, 5) is 67.9. The van der Waals surface area contributed by atoms with Crippen molar-refractivity contribution < 1.29 is 38.9 Å². The Morgan fingerprint density at radius 3 is 1.87 bits per heavy atom. The Morgan fingerprint density at radius 1 is 0.691 bits per heavy atom. The summed E-state index contributed by atoms with van der Waals surface area (Å²) in [5, 5.41) is 32.9. The number of carbonyl (C=O) groups excluding carboxylic acids is 4. The number of thioether (sulfide) groups is 1. The van der Waals surface area contributed by atoms with Crippen LogP contribution in [0.25, 0.3) is 11.1 Å². The number of rotatable bonds is 8. The molecule has 284 valence electrons. The van der Waals surface area contributed by atoms with E-state index in [9.17, 15) is 34.2 Å². The lowest BCUT2D eigenvalue weighted by Gasteiger charge is -2.27. The van der Waals surface area contributed by atoms with E-state index in [-0.39, 0.29) is 43.3 Å². The summed E-state index contributed by atoms with van der Waals surface area (Å²) in [6.07, 6.45) is 2.90. The number of aromatic hydroxyl groups is 1. The molecule has 2 bridgehead atoms. The lowest BCUT2D eigenvalue weighted by atomic mass is 9.99. The van der Waals surface area contributed by atoms with Crippen LogP contribution in [0.4, 0.5) is 0 Å². The van der Waals surface area contributed by atoms with Crippen LogP contribution in [0.3, 0.4) is 0 Å². The van der Waals surface area contributed by atoms with Crippen LogP contribution >= 0.6 is 11.8 Å². The molecule has 4 aromatic rings. The number of benzene rings is 4. The third-order valence-electron chi connectivity index (χ3n) is 9.41. The summed E-state index contributed by atoms with van der Waals surface area (Å²) in [5.74, 6) is -3.48. The second-order valence-electron chi connectivity index (χ2n) is 13.5. The molecule has 4 aromatic carbocycles. The zero-order valence-corrected chi connectivity index (χ0v) is 30.7. The van der Waals surface area contributed by atoms with Gasteiger partial charge in [0.15, 0.2) is 6.61 Å². The standard InChI is InChI=1S/C42H42N4O8S/c47-31-16-10-27(11-17-31)22-35-40(50)46-37(42(52)53)23-28-12-18-32(19-13-28)54-25-38(48)43-36(24-33-7-4-20-55-33)41(51)45-34(39(49)44-35)21-26-8-14-30(15-9-26)29-5-2-1-3-6-29/h1-6,8-20,33-37,47H,7,21-25H2,(H,43,48)(H,44,49)(H,45,51)(H,46,50)(H,52,53)/t33?,34-,35+,36+,37-/m0/s1. The number of hydrogen-bond donors (Lipinski definition) is 6. The van der Waals surface area contributed by atoms with Crippen LogP contribution in [-0.2, 0) is 43.2 Å². The third-order valence-corrected chi connectivity index (χ3v) is 10.5. The fourth-order valence-corrected chi connectivity index (χ4v) is 7.39. The van der Waals surface area contributed by atoms with Gasteiger partial charge in [0.05, 0.1) is 0 Å². The molecule has 3 heterocycles. The predicted molar refractivity (Wildman–Crippen MR) is 208 cm³/mol. The minimum absolute atomic E-state index is 0.00888. The van der Waals surface area contributed by atoms with Crippen molar-refractivity contribution in [1.29, 1.82) is 0 Å². The van der Waals surface area contributed by atoms with E-state index in [1.165, 1.54) is 12.1 Å². The first-order valence-electron chi connectivity index (χ1n) is 18.0. The molecular formula is C42H42N4O8S. The van der Waals surface area contributed by atoms with Crippen molar-refractivity contribution in [2.24, 2.45) is 0 Å². The van der Waals surface area contributed by atoms with Gasteiger partial charge in [-0.25, -0.2) is 4.79 Å². The van der Waals surface area contributed by atoms with Gasteiger partial charge in [0.1, 0.15) is 35.7 Å². The molecule has 12 nitrogen and oxygen atoms in total. The summed E-state index contributed by atoms with van der Waals surface area (Å²) in [5.41, 5.74) is 3.85. The number of carbonyl (C=O) groups is 5. The number of hydrogen-bond acceptors (Lipinski definition) is 8. The highest BCUT2D eigenvalue weighted by Gasteiger charge is 2.33. The second kappa shape index (κ2) is 18.3. The third kappa shape index (κ3) is 11.0. The van der Waals surface area contributed by atoms with Gasteiger partial charge in [-0.1, -0.05) is 84.9 Å². The number of fused-ring (bicyclic) bond motifs is 16. The number of amides is 4. The molecule has 0 aromatic heterocycles. The predicted octanol–water partition coefficient (Wildman–Crippen LogP) is 3.91. The maximum Gasteiger partial charge on any atom is 0.326 e. The minimum Gasteiger partial charge on any atom is -0.508 e. The van der Waals surface area contributed by atoms with Crippen molar-refractivity contribution in [2.45, 2.75) is 61.5 Å². The molecule has 13 heteroatoms. The molecule has 0 spiro atoms. The van der Waals surface area contributed by atoms with E-state index in [4.69, 9.17) is 4.74 Å². The van der Waals surface area contributed by atoms with E-state index in [0.29, 0.717) is 23.3 Å². The Morgan fingerprint density at radius 2 is 1.27 bits per heavy atom. The molecule has 3 aliphatic heterocycles. The molecule has 0 saturated carbocycles. The Kier molecular flexibility index (Phi) is 12.9. The summed E-state index contributed by atoms with van der Waals surface area (Å²) >= 11 is 1.55. The molecule has 0 radical (unpaired) electrons. The van der Waals surface area contributed by atoms with Crippen molar-refractivity contribution >= 4 is 41.4 Å². The molecule has 4 amide bonds. The monoisotopic (exact) mass is 762 g/mol. The van der Waals surface area contributed by atoms with Crippen molar-refractivity contribution in [1.82, 2.24) is 21.3 Å². The molecular weight excluding hydrogens is 721 g/mol. The Hall–Kier alpha value is -6.08. The highest BCUT2D eigenvalue weighted by Crippen LogP contribution is 2.28. The van der Waals surface area contributed by atoms with Gasteiger partial charge in [-0.15, -0.1) is 11.8 Å². The SMILES string of the molecule is O=C1COc2ccc(cc2)C[C@@H](C(=O)O)NC(=O)[C@@H](Cc2ccc(O)cc2)NC(=O)[C@H](Cc2ccc(-c3ccccc3)cc2)NC(=O)[C@@H](CC2CC=CS2)N1. The van der Waals surface area contributed by atoms with Crippen molar-refractivity contribution in [2.75, 3.05) is 6.61 Å². The quantitative estimate of drug-likeness (QED) is 0.145. The first-order chi connectivity index (χ1) is 26.6. The van der Waals surface area contributed by atoms with Crippen LogP contribution in [0.2, 0.25) is 0 Å². The van der Waals surface area contributed by atoms with E-state index in [1.807, 2.05) is 66.1 Å². The fourth-order valence-electron chi connectivity index (χ4n) is 6.42. The summed E-state index contributed by atoms with van der Waals surface area (Å²) in [6.45, 7) is -0.385. The smallest absolute Gasteiger partial charge is 0.326 e. The Bertz CT molecular complexity index is 2000. The van der Waals surface area contributed by atoms with Crippen molar-refractivity contribution in [3.8, 4) is 22.6 Å². The number of nitrogens with one attached hydrogen (secondary N) is 4. The number of aliphatic carboxylic acids is 1. The van der Waals surface area contributed by atoms with Crippen LogP contribution in [0.1, 0.15) is 29.5 Å². The number of phenolic OH excluding ortho intramolecular Hbond substituents is 1. The number of allylic oxidation sites excluding steroid dienone is 1. The Balaban J connectivity index is 1.33. The van der Waals surface area contributed by atoms with Gasteiger partial charge in [-0.05, 0) is 70.3 Å². The number of carboxylic acids is 1. The molecule has 7 rings (SSSR count). The first kappa shape index (κ1) is 38.6. The van der Waals surface area contributed by atoms with Crippen molar-refractivity contribution in [3.63, 3.8) is 0 Å². The lowest BCUT2D eigenvalue weighted by molar-refractivity contribution is -0.142. The average Bonchev–Trinajstić information content (AvgIpc) is 3.71. The van der Waals surface area contributed by atoms with Crippen LogP contribution in [-0.4, -0.2) is 75.8 Å². The van der Waals surface area contributed by atoms with Gasteiger partial charge >= 0.3 is 5.97 Å². The molecule has 0 aliphatic carbocycles. The van der Waals surface area contributed by atoms with Crippen LogP contribution in [0, 0.1) is 0 Å². The largest absolute Gasteiger partial charge is 0.508 e. The van der Waals surface area contributed by atoms with Gasteiger partial charge < -0.3 is 36.2 Å². The number of ether oxygens (including phenoxy) is 1. The fraction of sp³-hybridized carbons (Fsp3) is 0.262. The van der Waals surface area contributed by atoms with Crippen LogP contribution < -0.4 is 26.0 Å². The van der Waals surface area contributed by atoms with E-state index < -0.39 is 53.8 Å². The second-order valence-corrected chi connectivity index (χ2v) is 14.7. The summed E-state index contributed by atoms with van der Waals surface area (Å²) in [7, 11) is 0. The molecule has 0 saturated heterocycles. The zero-order valence-electron chi connectivity index (χ0n) is 29.9. The molecule has 1 unspecified atom stereocenters. The molecule has 0 fully saturated rings. The minimum atomic E-state index is -1.35. The van der Waals surface area contributed by atoms with Crippen LogP contribution in [0.5, 0.6) is 11.5 Å². The highest BCUT2D eigenvalue weighted by molar-refractivity contribution is 8.03. The highest BCUT2D eigenvalue weighted by atomic mass is 32.2. The van der Waals surface area contributed by atoms with Gasteiger partial charge in [0, 0.05) is 24.5 Å². The first-order valence-corrected chi connectivity index (χ1v) is 18.9. The lowest BCUT2D eigenvalue weighted by Crippen LogP contribution is -2.59. The normalized spacial score (nSPS) is 22.2. The van der Waals surface area contributed by atoms with Crippen LogP contribution in [0.15, 0.2) is 115 Å². The van der Waals surface area contributed by atoms with Gasteiger partial charge in [0.2, 0.25) is 17.7 Å². The summed E-state index contributed by atoms with van der Waals surface area (Å²) in [6, 6.07) is 25.0. The molecule has 6 N–H and O–H groups in total. The maximum absolute atomic E-state index is 14.3. The average molecular weight is 763 g/mol.